The Morgan fingerprint density at radius 1 is 1.14 bits per heavy atom. The average Bonchev–Trinajstić information content (AvgIpc) is 3.34. The third-order valence-corrected chi connectivity index (χ3v) is 5.36. The number of nitrogens with zero attached hydrogens (tertiary/aromatic N) is 3. The zero-order valence-corrected chi connectivity index (χ0v) is 16.9. The molecule has 2 aromatic carbocycles. The minimum absolute atomic E-state index is 0.0805. The molecule has 0 fully saturated rings. The first-order valence-electron chi connectivity index (χ1n) is 9.14. The van der Waals surface area contributed by atoms with Crippen molar-refractivity contribution in [2.75, 3.05) is 11.9 Å². The van der Waals surface area contributed by atoms with Crippen molar-refractivity contribution < 1.29 is 9.53 Å². The minimum Gasteiger partial charge on any atom is -0.483 e. The number of para-hydroxylation sites is 1. The third kappa shape index (κ3) is 4.20. The number of ether oxygens (including phenoxy) is 1. The van der Waals surface area contributed by atoms with E-state index in [-0.39, 0.29) is 12.5 Å². The van der Waals surface area contributed by atoms with E-state index in [1.807, 2.05) is 79.3 Å². The number of aryl methyl sites for hydroxylation is 2. The number of benzene rings is 2. The van der Waals surface area contributed by atoms with Crippen molar-refractivity contribution >= 4 is 22.4 Å². The Labute approximate surface area is 172 Å². The monoisotopic (exact) mass is 404 g/mol. The van der Waals surface area contributed by atoms with Crippen LogP contribution in [0.5, 0.6) is 5.75 Å². The first kappa shape index (κ1) is 18.9. The maximum absolute atomic E-state index is 12.4. The predicted octanol–water partition coefficient (Wildman–Crippen LogP) is 4.54. The zero-order valence-electron chi connectivity index (χ0n) is 16.1. The topological polar surface area (TPSA) is 69.0 Å². The molecule has 1 N–H and O–H groups in total. The summed E-state index contributed by atoms with van der Waals surface area (Å²) in [5.74, 6) is 1.24. The van der Waals surface area contributed by atoms with E-state index in [2.05, 4.69) is 15.3 Å². The smallest absolute Gasteiger partial charge is 0.264 e. The molecule has 4 aromatic rings. The van der Waals surface area contributed by atoms with Gasteiger partial charge in [0.25, 0.3) is 5.91 Å². The first-order valence-corrected chi connectivity index (χ1v) is 9.95. The fourth-order valence-corrected chi connectivity index (χ4v) is 3.96. The van der Waals surface area contributed by atoms with Crippen molar-refractivity contribution in [3.63, 3.8) is 0 Å². The molecule has 0 bridgehead atoms. The number of carbonyl (C=O) groups is 1. The van der Waals surface area contributed by atoms with E-state index in [0.29, 0.717) is 10.9 Å². The number of hydrogen-bond donors (Lipinski definition) is 1. The van der Waals surface area contributed by atoms with Crippen LogP contribution in [0, 0.1) is 6.92 Å². The summed E-state index contributed by atoms with van der Waals surface area (Å²) in [5, 5.41) is 3.36. The van der Waals surface area contributed by atoms with Gasteiger partial charge in [0.15, 0.2) is 17.6 Å². The molecule has 0 spiro atoms. The van der Waals surface area contributed by atoms with E-state index < -0.39 is 0 Å². The molecule has 0 aliphatic heterocycles. The van der Waals surface area contributed by atoms with E-state index >= 15 is 0 Å². The Kier molecular flexibility index (Phi) is 5.39. The molecule has 0 atom stereocenters. The predicted molar refractivity (Wildman–Crippen MR) is 115 cm³/mol. The number of anilines is 1. The molecule has 29 heavy (non-hydrogen) atoms. The summed E-state index contributed by atoms with van der Waals surface area (Å²) in [7, 11) is 1.94. The number of aromatic nitrogens is 3. The van der Waals surface area contributed by atoms with E-state index in [9.17, 15) is 4.79 Å². The van der Waals surface area contributed by atoms with Gasteiger partial charge in [-0.3, -0.25) is 10.1 Å². The fourth-order valence-electron chi connectivity index (χ4n) is 2.92. The molecule has 4 rings (SSSR count). The average molecular weight is 404 g/mol. The van der Waals surface area contributed by atoms with Gasteiger partial charge in [0, 0.05) is 25.0 Å². The number of rotatable bonds is 6. The normalized spacial score (nSPS) is 10.7. The van der Waals surface area contributed by atoms with Crippen LogP contribution in [0.4, 0.5) is 5.13 Å². The summed E-state index contributed by atoms with van der Waals surface area (Å²) < 4.78 is 7.57. The first-order chi connectivity index (χ1) is 14.1. The lowest BCUT2D eigenvalue weighted by molar-refractivity contribution is -0.118. The summed E-state index contributed by atoms with van der Waals surface area (Å²) >= 11 is 1.40. The third-order valence-electron chi connectivity index (χ3n) is 4.40. The molecule has 7 heteroatoms. The molecule has 0 radical (unpaired) electrons. The highest BCUT2D eigenvalue weighted by atomic mass is 32.1. The van der Waals surface area contributed by atoms with Crippen molar-refractivity contribution in [1.82, 2.24) is 14.5 Å². The lowest BCUT2D eigenvalue weighted by Crippen LogP contribution is -2.20. The van der Waals surface area contributed by atoms with Crippen LogP contribution in [0.1, 0.15) is 5.56 Å². The summed E-state index contributed by atoms with van der Waals surface area (Å²) in [6.45, 7) is 1.86. The second-order valence-electron chi connectivity index (χ2n) is 6.53. The fraction of sp³-hybridized carbons (Fsp3) is 0.136. The van der Waals surface area contributed by atoms with Crippen molar-refractivity contribution in [1.29, 1.82) is 0 Å². The van der Waals surface area contributed by atoms with Crippen LogP contribution >= 0.6 is 11.3 Å². The molecule has 6 nitrogen and oxygen atoms in total. The number of thiazole rings is 1. The highest BCUT2D eigenvalue weighted by Gasteiger charge is 2.19. The Bertz CT molecular complexity index is 1130. The van der Waals surface area contributed by atoms with Crippen LogP contribution in [0.15, 0.2) is 67.0 Å². The number of carbonyl (C=O) groups excluding carboxylic acids is 1. The Morgan fingerprint density at radius 3 is 2.62 bits per heavy atom. The molecule has 1 amide bonds. The molecular formula is C22H20N4O2S. The number of imidazole rings is 1. The minimum atomic E-state index is -0.256. The maximum Gasteiger partial charge on any atom is 0.264 e. The van der Waals surface area contributed by atoms with E-state index in [0.717, 1.165) is 27.5 Å². The van der Waals surface area contributed by atoms with Crippen molar-refractivity contribution in [3.8, 4) is 27.7 Å². The molecule has 0 unspecified atom stereocenters. The van der Waals surface area contributed by atoms with Gasteiger partial charge in [0.05, 0.1) is 10.6 Å². The van der Waals surface area contributed by atoms with Gasteiger partial charge in [-0.25, -0.2) is 9.97 Å². The second-order valence-corrected chi connectivity index (χ2v) is 7.53. The lowest BCUT2D eigenvalue weighted by Gasteiger charge is -2.08. The quantitative estimate of drug-likeness (QED) is 0.512. The highest BCUT2D eigenvalue weighted by Crippen LogP contribution is 2.38. The molecule has 0 aliphatic rings. The van der Waals surface area contributed by atoms with Crippen molar-refractivity contribution in [2.24, 2.45) is 7.05 Å². The Hall–Kier alpha value is -3.45. The molecule has 0 aliphatic carbocycles. The van der Waals surface area contributed by atoms with Crippen LogP contribution in [0.3, 0.4) is 0 Å². The van der Waals surface area contributed by atoms with Gasteiger partial charge in [0.1, 0.15) is 5.75 Å². The molecule has 0 saturated carbocycles. The van der Waals surface area contributed by atoms with E-state index in [1.165, 1.54) is 11.3 Å². The summed E-state index contributed by atoms with van der Waals surface area (Å²) in [4.78, 5) is 22.4. The van der Waals surface area contributed by atoms with Crippen LogP contribution in [0.25, 0.3) is 22.0 Å². The van der Waals surface area contributed by atoms with Gasteiger partial charge >= 0.3 is 0 Å². The van der Waals surface area contributed by atoms with Gasteiger partial charge < -0.3 is 9.30 Å². The zero-order chi connectivity index (χ0) is 20.2. The number of amides is 1. The van der Waals surface area contributed by atoms with Gasteiger partial charge in [-0.2, -0.15) is 0 Å². The van der Waals surface area contributed by atoms with Gasteiger partial charge in [0.2, 0.25) is 0 Å². The summed E-state index contributed by atoms with van der Waals surface area (Å²) in [5.41, 5.74) is 2.75. The van der Waals surface area contributed by atoms with Crippen molar-refractivity contribution in [3.05, 3.63) is 72.6 Å². The Morgan fingerprint density at radius 2 is 1.90 bits per heavy atom. The largest absolute Gasteiger partial charge is 0.483 e. The molecule has 2 aromatic heterocycles. The van der Waals surface area contributed by atoms with Crippen LogP contribution < -0.4 is 10.1 Å². The maximum atomic E-state index is 12.4. The van der Waals surface area contributed by atoms with Crippen LogP contribution in [0.2, 0.25) is 0 Å². The lowest BCUT2D eigenvalue weighted by atomic mass is 10.1. The molecule has 146 valence electrons. The van der Waals surface area contributed by atoms with Crippen LogP contribution in [-0.4, -0.2) is 27.0 Å². The standard InChI is InChI=1S/C22H20N4O2S/c1-15-8-6-7-11-17(15)28-14-18(27)24-22-25-19(16-9-4-3-5-10-16)20(29-22)21-23-12-13-26(21)2/h3-13H,14H2,1-2H3,(H,24,25,27). The van der Waals surface area contributed by atoms with Crippen LogP contribution in [-0.2, 0) is 11.8 Å². The number of hydrogen-bond acceptors (Lipinski definition) is 5. The summed E-state index contributed by atoms with van der Waals surface area (Å²) in [6, 6.07) is 17.5. The summed E-state index contributed by atoms with van der Waals surface area (Å²) in [6.07, 6.45) is 3.64. The van der Waals surface area contributed by atoms with Gasteiger partial charge in [-0.1, -0.05) is 59.9 Å². The van der Waals surface area contributed by atoms with Gasteiger partial charge in [-0.15, -0.1) is 0 Å². The molecule has 0 saturated heterocycles. The molecular weight excluding hydrogens is 384 g/mol. The second kappa shape index (κ2) is 8.28. The highest BCUT2D eigenvalue weighted by molar-refractivity contribution is 7.19. The van der Waals surface area contributed by atoms with Crippen molar-refractivity contribution in [2.45, 2.75) is 6.92 Å². The number of nitrogens with one attached hydrogen (secondary N) is 1. The van der Waals surface area contributed by atoms with E-state index in [1.54, 1.807) is 6.20 Å². The van der Waals surface area contributed by atoms with E-state index in [4.69, 9.17) is 4.74 Å². The molecule has 2 heterocycles. The van der Waals surface area contributed by atoms with Gasteiger partial charge in [-0.05, 0) is 18.6 Å². The SMILES string of the molecule is Cc1ccccc1OCC(=O)Nc1nc(-c2ccccc2)c(-c2nccn2C)s1. The Balaban J connectivity index is 1.56.